The van der Waals surface area contributed by atoms with Gasteiger partial charge in [-0.3, -0.25) is 0 Å². The Labute approximate surface area is 35.0 Å². The second kappa shape index (κ2) is 1.54. The van der Waals surface area contributed by atoms with Crippen molar-refractivity contribution in [3.05, 3.63) is 0 Å². The van der Waals surface area contributed by atoms with Crippen LogP contribution in [0.15, 0.2) is 0 Å². The van der Waals surface area contributed by atoms with Crippen molar-refractivity contribution in [1.82, 2.24) is 0 Å². The zero-order valence-corrected chi connectivity index (χ0v) is 4.66. The van der Waals surface area contributed by atoms with Crippen molar-refractivity contribution in [2.75, 3.05) is 5.49 Å². The largest absolute Gasteiger partial charge is 0.0845 e. The third-order valence-electron chi connectivity index (χ3n) is 0.236. The summed E-state index contributed by atoms with van der Waals surface area (Å²) in [6.07, 6.45) is 0. The van der Waals surface area contributed by atoms with Crippen LogP contribution in [0.1, 0.15) is 0 Å². The van der Waals surface area contributed by atoms with Gasteiger partial charge in [-0.15, -0.1) is 0 Å². The lowest BCUT2D eigenvalue weighted by Gasteiger charge is -2.04. The summed E-state index contributed by atoms with van der Waals surface area (Å²) in [7, 11) is 5.15. The van der Waals surface area contributed by atoms with E-state index in [-0.39, 0.29) is 0 Å². The van der Waals surface area contributed by atoms with E-state index >= 15 is 0 Å². The van der Waals surface area contributed by atoms with Gasteiger partial charge in [0.1, 0.15) is 0 Å². The third kappa shape index (κ3) is 0.540. The molecular weight excluding hydrogens is 107 g/mol. The quantitative estimate of drug-likeness (QED) is 0.345. The molecule has 3 heteroatoms. The summed E-state index contributed by atoms with van der Waals surface area (Å²) in [4.78, 5) is 0. The molecule has 4 heavy (non-hydrogen) atoms. The Kier molecular flexibility index (Phi) is 1.28. The van der Waals surface area contributed by atoms with Gasteiger partial charge in [0.25, 0.3) is 0 Å². The van der Waals surface area contributed by atoms with Crippen molar-refractivity contribution in [3.8, 4) is 0 Å². The van der Waals surface area contributed by atoms with Gasteiger partial charge in [0.05, 0.1) is 0 Å². The first-order chi connectivity index (χ1) is 2.00. The van der Waals surface area contributed by atoms with Crippen LogP contribution in [0.4, 0.5) is 0 Å². The topological polar surface area (TPSA) is 0 Å². The van der Waals surface area contributed by atoms with Crippen LogP contribution in [0.2, 0.25) is 0 Å². The molecule has 1 aliphatic heterocycles. The van der Waals surface area contributed by atoms with Crippen molar-refractivity contribution in [2.45, 2.75) is 0 Å². The van der Waals surface area contributed by atoms with Crippen LogP contribution in [-0.2, 0) is 0 Å². The highest BCUT2D eigenvalue weighted by atomic mass is 33.3. The van der Waals surface area contributed by atoms with E-state index in [1.807, 2.05) is 21.2 Å². The highest BCUT2D eigenvalue weighted by Crippen LogP contribution is 2.54. The van der Waals surface area contributed by atoms with Crippen molar-refractivity contribution in [3.63, 3.8) is 0 Å². The summed E-state index contributed by atoms with van der Waals surface area (Å²) in [6, 6.07) is 0. The van der Waals surface area contributed by atoms with Gasteiger partial charge in [0.15, 0.2) is 0 Å². The molecule has 0 N–H and O–H groups in total. The number of hydrogen-bond donors (Lipinski definition) is 0. The molecule has 0 radical (unpaired) electrons. The molecule has 0 aromatic rings. The molecule has 0 amide bonds. The van der Waals surface area contributed by atoms with Crippen LogP contribution in [0.5, 0.6) is 0 Å². The lowest BCUT2D eigenvalue weighted by Crippen LogP contribution is -1.59. The Morgan fingerprint density at radius 2 is 2.00 bits per heavy atom. The van der Waals surface area contributed by atoms with Crippen LogP contribution in [-0.4, -0.2) is 5.49 Å². The summed E-state index contributed by atoms with van der Waals surface area (Å²) < 4.78 is 0. The third-order valence-corrected chi connectivity index (χ3v) is 6.36. The molecule has 1 fully saturated rings. The summed E-state index contributed by atoms with van der Waals surface area (Å²) >= 11 is 0. The van der Waals surface area contributed by atoms with Crippen molar-refractivity contribution >= 4 is 29.0 Å². The zero-order chi connectivity index (χ0) is 2.83. The Balaban J connectivity index is 2.00. The first-order valence-corrected chi connectivity index (χ1v) is 5.26. The molecule has 0 nitrogen and oxygen atoms in total. The minimum atomic E-state index is 1.20. The molecule has 0 spiro atoms. The van der Waals surface area contributed by atoms with Gasteiger partial charge >= 0.3 is 0 Å². The van der Waals surface area contributed by atoms with Crippen LogP contribution < -0.4 is 0 Å². The average molecular weight is 110 g/mol. The van der Waals surface area contributed by atoms with Crippen LogP contribution in [0.25, 0.3) is 0 Å². The van der Waals surface area contributed by atoms with Gasteiger partial charge in [-0.05, 0) is 7.78 Å². The van der Waals surface area contributed by atoms with Gasteiger partial charge in [-0.2, -0.15) is 0 Å². The maximum Gasteiger partial charge on any atom is 0.0317 e. The van der Waals surface area contributed by atoms with E-state index in [1.165, 1.54) is 13.3 Å². The lowest BCUT2D eigenvalue weighted by molar-refractivity contribution is 2.31. The summed E-state index contributed by atoms with van der Waals surface area (Å²) in [5.74, 6) is 0. The molecule has 0 aromatic heterocycles. The fraction of sp³-hybridized carbons (Fsp3) is 1.00. The van der Waals surface area contributed by atoms with E-state index in [0.29, 0.717) is 0 Å². The molecule has 1 rings (SSSR count). The second-order valence-corrected chi connectivity index (χ2v) is 5.91. The van der Waals surface area contributed by atoms with Crippen LogP contribution >= 0.6 is 29.0 Å². The molecule has 0 aromatic carbocycles. The zero-order valence-electron chi connectivity index (χ0n) is 2.02. The standard InChI is InChI=1S/CH3PS2/c1-2-4-3-1/h2H,1H2. The predicted octanol–water partition coefficient (Wildman–Crippen LogP) is 1.93. The van der Waals surface area contributed by atoms with Crippen LogP contribution in [0.3, 0.4) is 0 Å². The highest BCUT2D eigenvalue weighted by molar-refractivity contribution is 9.03. The van der Waals surface area contributed by atoms with Crippen molar-refractivity contribution in [1.29, 1.82) is 0 Å². The number of rotatable bonds is 0. The van der Waals surface area contributed by atoms with Gasteiger partial charge in [0, 0.05) is 5.49 Å². The molecule has 0 aliphatic carbocycles. The van der Waals surface area contributed by atoms with E-state index in [4.69, 9.17) is 0 Å². The van der Waals surface area contributed by atoms with Gasteiger partial charge in [0.2, 0.25) is 0 Å². The molecule has 1 atom stereocenters. The summed E-state index contributed by atoms with van der Waals surface area (Å²) in [6.45, 7) is 0. The predicted molar refractivity (Wildman–Crippen MR) is 28.4 cm³/mol. The Morgan fingerprint density at radius 1 is 1.75 bits per heavy atom. The van der Waals surface area contributed by atoms with E-state index in [0.717, 1.165) is 0 Å². The Morgan fingerprint density at radius 3 is 2.00 bits per heavy atom. The van der Waals surface area contributed by atoms with Crippen LogP contribution in [0, 0.1) is 0 Å². The molecule has 1 unspecified atom stereocenters. The Bertz CT molecular complexity index is 14.0. The molecule has 24 valence electrons. The second-order valence-electron chi connectivity index (χ2n) is 0.490. The van der Waals surface area contributed by atoms with Gasteiger partial charge in [-0.1, -0.05) is 21.2 Å². The molecule has 1 saturated heterocycles. The van der Waals surface area contributed by atoms with Crippen molar-refractivity contribution in [2.24, 2.45) is 0 Å². The van der Waals surface area contributed by atoms with E-state index in [9.17, 15) is 0 Å². The minimum absolute atomic E-state index is 1.20. The van der Waals surface area contributed by atoms with Crippen molar-refractivity contribution < 1.29 is 0 Å². The molecule has 1 aliphatic rings. The molecule has 0 saturated carbocycles. The first kappa shape index (κ1) is 3.32. The highest BCUT2D eigenvalue weighted by Gasteiger charge is 1.96. The average Bonchev–Trinajstić information content (AvgIpc) is 0.722. The van der Waals surface area contributed by atoms with Gasteiger partial charge in [-0.25, -0.2) is 0 Å². The molecule has 0 bridgehead atoms. The molecular formula is CH3PS2. The normalized spacial score (nSPS) is 30.0. The monoisotopic (exact) mass is 110 g/mol. The van der Waals surface area contributed by atoms with E-state index in [2.05, 4.69) is 0 Å². The lowest BCUT2D eigenvalue weighted by atomic mass is 11.9. The molecule has 1 heterocycles. The summed E-state index contributed by atoms with van der Waals surface area (Å²) in [5, 5.41) is 0. The fourth-order valence-electron chi connectivity index (χ4n) is 0.0589. The fourth-order valence-corrected chi connectivity index (χ4v) is 1.59. The minimum Gasteiger partial charge on any atom is -0.0845 e. The maximum absolute atomic E-state index is 1.98. The summed E-state index contributed by atoms with van der Waals surface area (Å²) in [5.41, 5.74) is 1.41. The maximum atomic E-state index is 1.98. The number of hydrogen-bond acceptors (Lipinski definition) is 2. The van der Waals surface area contributed by atoms with E-state index in [1.54, 1.807) is 0 Å². The Hall–Kier alpha value is 1.13. The van der Waals surface area contributed by atoms with Gasteiger partial charge < -0.3 is 0 Å². The van der Waals surface area contributed by atoms with E-state index < -0.39 is 0 Å². The smallest absolute Gasteiger partial charge is 0.0317 e. The SMILES string of the molecule is C1PSS1. The first-order valence-electron chi connectivity index (χ1n) is 1.01.